The molecule has 0 aromatic heterocycles. The van der Waals surface area contributed by atoms with Crippen LogP contribution >= 0.6 is 0 Å². The van der Waals surface area contributed by atoms with E-state index >= 15 is 0 Å². The molecule has 0 saturated heterocycles. The highest BCUT2D eigenvalue weighted by atomic mass is 14.9. The Morgan fingerprint density at radius 2 is 1.69 bits per heavy atom. The van der Waals surface area contributed by atoms with E-state index in [2.05, 4.69) is 46.0 Å². The van der Waals surface area contributed by atoms with Crippen LogP contribution < -0.4 is 5.32 Å². The fourth-order valence-corrected chi connectivity index (χ4v) is 1.76. The number of nitrogens with one attached hydrogen (secondary N) is 1. The fourth-order valence-electron chi connectivity index (χ4n) is 1.76. The van der Waals surface area contributed by atoms with Crippen LogP contribution in [0.3, 0.4) is 0 Å². The average Bonchev–Trinajstić information content (AvgIpc) is 1.96. The third kappa shape index (κ3) is 3.36. The summed E-state index contributed by atoms with van der Waals surface area (Å²) in [6, 6.07) is 2.66. The topological polar surface area (TPSA) is 35.8 Å². The van der Waals surface area contributed by atoms with Crippen LogP contribution in [0.2, 0.25) is 0 Å². The molecule has 0 aliphatic heterocycles. The summed E-state index contributed by atoms with van der Waals surface area (Å²) >= 11 is 0. The molecule has 0 amide bonds. The number of rotatable bonds is 3. The summed E-state index contributed by atoms with van der Waals surface area (Å²) in [6.45, 7) is 10.7. The van der Waals surface area contributed by atoms with Crippen molar-refractivity contribution in [3.8, 4) is 6.07 Å². The van der Waals surface area contributed by atoms with Gasteiger partial charge in [-0.3, -0.25) is 0 Å². The van der Waals surface area contributed by atoms with Crippen LogP contribution in [0.25, 0.3) is 0 Å². The van der Waals surface area contributed by atoms with Gasteiger partial charge in [0, 0.05) is 6.04 Å². The van der Waals surface area contributed by atoms with Crippen molar-refractivity contribution in [2.75, 3.05) is 7.05 Å². The lowest BCUT2D eigenvalue weighted by atomic mass is 9.75. The molecular weight excluding hydrogens is 160 g/mol. The van der Waals surface area contributed by atoms with Crippen molar-refractivity contribution in [2.45, 2.75) is 40.7 Å². The molecular formula is C11H22N2. The van der Waals surface area contributed by atoms with Gasteiger partial charge in [-0.05, 0) is 18.4 Å². The van der Waals surface area contributed by atoms with Crippen molar-refractivity contribution in [2.24, 2.45) is 17.3 Å². The number of nitrogens with zero attached hydrogens (tertiary/aromatic N) is 1. The summed E-state index contributed by atoms with van der Waals surface area (Å²) in [5.41, 5.74) is 0.138. The highest BCUT2D eigenvalue weighted by molar-refractivity contribution is 4.98. The minimum atomic E-state index is 0.0880. The fraction of sp³-hybridized carbons (Fsp3) is 0.909. The molecule has 1 N–H and O–H groups in total. The molecule has 0 aliphatic rings. The van der Waals surface area contributed by atoms with Gasteiger partial charge in [0.1, 0.15) is 0 Å². The molecule has 0 aliphatic carbocycles. The van der Waals surface area contributed by atoms with Gasteiger partial charge in [0.25, 0.3) is 0 Å². The monoisotopic (exact) mass is 182 g/mol. The molecule has 0 heterocycles. The largest absolute Gasteiger partial charge is 0.315 e. The Kier molecular flexibility index (Phi) is 4.43. The molecule has 2 atom stereocenters. The Balaban J connectivity index is 4.66. The van der Waals surface area contributed by atoms with Crippen LogP contribution in [0.15, 0.2) is 0 Å². The first-order chi connectivity index (χ1) is 5.84. The maximum absolute atomic E-state index is 9.07. The molecule has 2 unspecified atom stereocenters. The van der Waals surface area contributed by atoms with Crippen molar-refractivity contribution in [3.63, 3.8) is 0 Å². The lowest BCUT2D eigenvalue weighted by Crippen LogP contribution is -2.45. The molecule has 13 heavy (non-hydrogen) atoms. The molecule has 0 spiro atoms. The van der Waals surface area contributed by atoms with E-state index < -0.39 is 0 Å². The third-order valence-corrected chi connectivity index (χ3v) is 2.47. The van der Waals surface area contributed by atoms with Gasteiger partial charge in [-0.15, -0.1) is 0 Å². The number of nitriles is 1. The van der Waals surface area contributed by atoms with Gasteiger partial charge in [0.2, 0.25) is 0 Å². The first-order valence-electron chi connectivity index (χ1n) is 4.91. The predicted octanol–water partition coefficient (Wildman–Crippen LogP) is 2.42. The van der Waals surface area contributed by atoms with Gasteiger partial charge in [-0.25, -0.2) is 0 Å². The molecule has 0 aromatic carbocycles. The third-order valence-electron chi connectivity index (χ3n) is 2.47. The zero-order valence-corrected chi connectivity index (χ0v) is 9.68. The van der Waals surface area contributed by atoms with E-state index in [1.165, 1.54) is 0 Å². The highest BCUT2D eigenvalue weighted by Gasteiger charge is 2.32. The van der Waals surface area contributed by atoms with Crippen LogP contribution in [0.4, 0.5) is 0 Å². The van der Waals surface area contributed by atoms with Crippen molar-refractivity contribution < 1.29 is 0 Å². The second-order valence-electron chi connectivity index (χ2n) is 5.03. The maximum atomic E-state index is 9.07. The van der Waals surface area contributed by atoms with Gasteiger partial charge < -0.3 is 5.32 Å². The molecule has 0 saturated carbocycles. The first-order valence-corrected chi connectivity index (χ1v) is 4.91. The number of hydrogen-bond acceptors (Lipinski definition) is 2. The molecule has 0 fully saturated rings. The molecule has 0 rings (SSSR count). The van der Waals surface area contributed by atoms with Gasteiger partial charge >= 0.3 is 0 Å². The summed E-state index contributed by atoms with van der Waals surface area (Å²) in [5, 5.41) is 12.3. The summed E-state index contributed by atoms with van der Waals surface area (Å²) in [5.74, 6) is 0.492. The molecule has 2 nitrogen and oxygen atoms in total. The molecule has 0 aromatic rings. The second-order valence-corrected chi connectivity index (χ2v) is 5.03. The Morgan fingerprint density at radius 1 is 1.23 bits per heavy atom. The van der Waals surface area contributed by atoms with E-state index in [0.717, 1.165) is 0 Å². The van der Waals surface area contributed by atoms with E-state index in [1.807, 2.05) is 7.05 Å². The van der Waals surface area contributed by atoms with E-state index in [0.29, 0.717) is 5.92 Å². The predicted molar refractivity (Wildman–Crippen MR) is 56.2 cm³/mol. The SMILES string of the molecule is CNC(C(C#N)C(C)C)C(C)(C)C. The molecule has 2 heteroatoms. The van der Waals surface area contributed by atoms with Crippen LogP contribution in [0.5, 0.6) is 0 Å². The highest BCUT2D eigenvalue weighted by Crippen LogP contribution is 2.28. The van der Waals surface area contributed by atoms with Crippen molar-refractivity contribution in [3.05, 3.63) is 0 Å². The van der Waals surface area contributed by atoms with Crippen LogP contribution in [-0.2, 0) is 0 Å². The summed E-state index contributed by atoms with van der Waals surface area (Å²) in [6.07, 6.45) is 0. The quantitative estimate of drug-likeness (QED) is 0.727. The van der Waals surface area contributed by atoms with Gasteiger partial charge in [0.05, 0.1) is 12.0 Å². The standard InChI is InChI=1S/C11H22N2/c1-8(2)9(7-12)10(13-6)11(3,4)5/h8-10,13H,1-6H3. The Hall–Kier alpha value is -0.550. The molecule has 76 valence electrons. The first kappa shape index (κ1) is 12.4. The molecule has 0 bridgehead atoms. The van der Waals surface area contributed by atoms with Crippen molar-refractivity contribution in [1.29, 1.82) is 5.26 Å². The summed E-state index contributed by atoms with van der Waals surface area (Å²) < 4.78 is 0. The van der Waals surface area contributed by atoms with Crippen LogP contribution in [-0.4, -0.2) is 13.1 Å². The number of hydrogen-bond donors (Lipinski definition) is 1. The van der Waals surface area contributed by atoms with E-state index in [9.17, 15) is 0 Å². The van der Waals surface area contributed by atoms with E-state index in [1.54, 1.807) is 0 Å². The second kappa shape index (κ2) is 4.62. The summed E-state index contributed by atoms with van der Waals surface area (Å²) in [4.78, 5) is 0. The Morgan fingerprint density at radius 3 is 1.77 bits per heavy atom. The Bertz CT molecular complexity index is 183. The van der Waals surface area contributed by atoms with Gasteiger partial charge in [-0.2, -0.15) is 5.26 Å². The minimum absolute atomic E-state index is 0.0880. The maximum Gasteiger partial charge on any atom is 0.0675 e. The zero-order chi connectivity index (χ0) is 10.6. The van der Waals surface area contributed by atoms with Gasteiger partial charge in [-0.1, -0.05) is 34.6 Å². The smallest absolute Gasteiger partial charge is 0.0675 e. The average molecular weight is 182 g/mol. The lowest BCUT2D eigenvalue weighted by molar-refractivity contribution is 0.201. The van der Waals surface area contributed by atoms with E-state index in [4.69, 9.17) is 5.26 Å². The molecule has 0 radical (unpaired) electrons. The summed E-state index contributed by atoms with van der Waals surface area (Å²) in [7, 11) is 1.93. The Labute approximate surface area is 82.3 Å². The van der Waals surface area contributed by atoms with E-state index in [-0.39, 0.29) is 17.4 Å². The van der Waals surface area contributed by atoms with Gasteiger partial charge in [0.15, 0.2) is 0 Å². The minimum Gasteiger partial charge on any atom is -0.315 e. The lowest BCUT2D eigenvalue weighted by Gasteiger charge is -2.35. The van der Waals surface area contributed by atoms with Crippen LogP contribution in [0, 0.1) is 28.6 Å². The zero-order valence-electron chi connectivity index (χ0n) is 9.68. The van der Waals surface area contributed by atoms with Crippen LogP contribution in [0.1, 0.15) is 34.6 Å². The van der Waals surface area contributed by atoms with Crippen molar-refractivity contribution in [1.82, 2.24) is 5.32 Å². The normalized spacial score (nSPS) is 16.8. The van der Waals surface area contributed by atoms with Crippen molar-refractivity contribution >= 4 is 0 Å².